The molecule has 0 radical (unpaired) electrons. The van der Waals surface area contributed by atoms with Crippen LogP contribution >= 0.6 is 0 Å². The zero-order valence-corrected chi connectivity index (χ0v) is 9.62. The summed E-state index contributed by atoms with van der Waals surface area (Å²) in [5.74, 6) is 0.579. The summed E-state index contributed by atoms with van der Waals surface area (Å²) >= 11 is 0. The Bertz CT molecular complexity index is 310. The van der Waals surface area contributed by atoms with Gasteiger partial charge in [-0.2, -0.15) is 0 Å². The molecule has 1 heterocycles. The molecule has 1 aromatic rings. The molecule has 4 heteroatoms. The third kappa shape index (κ3) is 3.47. The van der Waals surface area contributed by atoms with Crippen LogP contribution in [0.15, 0.2) is 12.3 Å². The number of nitrogens with one attached hydrogen (secondary N) is 1. The van der Waals surface area contributed by atoms with Crippen molar-refractivity contribution in [1.29, 1.82) is 0 Å². The summed E-state index contributed by atoms with van der Waals surface area (Å²) in [4.78, 5) is 8.29. The lowest BCUT2D eigenvalue weighted by atomic mass is 9.98. The standard InChI is InChI=1S/C11H19N3O/c1-4-11(15,5-2)8-13-10-12-7-6-9(3)14-10/h6-7,15H,4-5,8H2,1-3H3,(H,12,13,14). The minimum Gasteiger partial charge on any atom is -0.388 e. The molecular formula is C11H19N3O. The lowest BCUT2D eigenvalue weighted by Gasteiger charge is -2.25. The predicted molar refractivity (Wildman–Crippen MR) is 60.8 cm³/mol. The molecule has 0 saturated carbocycles. The first kappa shape index (κ1) is 11.9. The van der Waals surface area contributed by atoms with Gasteiger partial charge in [-0.25, -0.2) is 9.97 Å². The Kier molecular flexibility index (Phi) is 4.03. The Morgan fingerprint density at radius 1 is 1.40 bits per heavy atom. The van der Waals surface area contributed by atoms with Crippen LogP contribution in [0.2, 0.25) is 0 Å². The smallest absolute Gasteiger partial charge is 0.222 e. The van der Waals surface area contributed by atoms with Crippen LogP contribution in [0.5, 0.6) is 0 Å². The monoisotopic (exact) mass is 209 g/mol. The Labute approximate surface area is 90.8 Å². The molecular weight excluding hydrogens is 190 g/mol. The van der Waals surface area contributed by atoms with Crippen molar-refractivity contribution < 1.29 is 5.11 Å². The van der Waals surface area contributed by atoms with Crippen LogP contribution in [0.1, 0.15) is 32.4 Å². The van der Waals surface area contributed by atoms with Crippen molar-refractivity contribution >= 4 is 5.95 Å². The third-order valence-corrected chi connectivity index (χ3v) is 2.69. The van der Waals surface area contributed by atoms with Gasteiger partial charge in [0.1, 0.15) is 0 Å². The summed E-state index contributed by atoms with van der Waals surface area (Å²) < 4.78 is 0. The summed E-state index contributed by atoms with van der Waals surface area (Å²) in [6.45, 7) is 6.35. The van der Waals surface area contributed by atoms with Crippen molar-refractivity contribution in [3.8, 4) is 0 Å². The summed E-state index contributed by atoms with van der Waals surface area (Å²) in [6, 6.07) is 1.84. The van der Waals surface area contributed by atoms with Gasteiger partial charge in [0.25, 0.3) is 0 Å². The van der Waals surface area contributed by atoms with Gasteiger partial charge in [-0.15, -0.1) is 0 Å². The molecule has 0 fully saturated rings. The average molecular weight is 209 g/mol. The average Bonchev–Trinajstić information content (AvgIpc) is 2.26. The number of rotatable bonds is 5. The maximum atomic E-state index is 10.0. The molecule has 0 aliphatic rings. The van der Waals surface area contributed by atoms with E-state index in [-0.39, 0.29) is 0 Å². The molecule has 0 aromatic carbocycles. The second-order valence-corrected chi connectivity index (χ2v) is 3.81. The molecule has 0 unspecified atom stereocenters. The number of aryl methyl sites for hydroxylation is 1. The van der Waals surface area contributed by atoms with Crippen molar-refractivity contribution in [3.05, 3.63) is 18.0 Å². The molecule has 0 bridgehead atoms. The van der Waals surface area contributed by atoms with Crippen molar-refractivity contribution in [1.82, 2.24) is 9.97 Å². The number of hydrogen-bond acceptors (Lipinski definition) is 4. The zero-order valence-electron chi connectivity index (χ0n) is 9.62. The van der Waals surface area contributed by atoms with E-state index in [0.717, 1.165) is 18.5 Å². The molecule has 0 amide bonds. The quantitative estimate of drug-likeness (QED) is 0.775. The van der Waals surface area contributed by atoms with Crippen molar-refractivity contribution in [2.24, 2.45) is 0 Å². The van der Waals surface area contributed by atoms with Crippen molar-refractivity contribution in [2.45, 2.75) is 39.2 Å². The summed E-state index contributed by atoms with van der Waals surface area (Å²) in [5, 5.41) is 13.1. The normalized spacial score (nSPS) is 11.5. The Hall–Kier alpha value is -1.16. The number of aliphatic hydroxyl groups is 1. The van der Waals surface area contributed by atoms with Gasteiger partial charge in [-0.3, -0.25) is 0 Å². The first-order chi connectivity index (χ1) is 7.09. The SMILES string of the molecule is CCC(O)(CC)CNc1nccc(C)n1. The fourth-order valence-electron chi connectivity index (χ4n) is 1.28. The number of hydrogen-bond donors (Lipinski definition) is 2. The highest BCUT2D eigenvalue weighted by Gasteiger charge is 2.21. The first-order valence-corrected chi connectivity index (χ1v) is 5.35. The molecule has 0 aliphatic carbocycles. The molecule has 0 aliphatic heterocycles. The first-order valence-electron chi connectivity index (χ1n) is 5.35. The van der Waals surface area contributed by atoms with E-state index in [1.54, 1.807) is 6.20 Å². The van der Waals surface area contributed by atoms with Gasteiger partial charge in [-0.05, 0) is 25.8 Å². The highest BCUT2D eigenvalue weighted by molar-refractivity contribution is 5.25. The molecule has 0 atom stereocenters. The van der Waals surface area contributed by atoms with Gasteiger partial charge >= 0.3 is 0 Å². The lowest BCUT2D eigenvalue weighted by molar-refractivity contribution is 0.0455. The van der Waals surface area contributed by atoms with E-state index in [9.17, 15) is 5.11 Å². The van der Waals surface area contributed by atoms with Crippen LogP contribution in [0.25, 0.3) is 0 Å². The topological polar surface area (TPSA) is 58.0 Å². The maximum Gasteiger partial charge on any atom is 0.222 e. The third-order valence-electron chi connectivity index (χ3n) is 2.69. The fourth-order valence-corrected chi connectivity index (χ4v) is 1.28. The van der Waals surface area contributed by atoms with E-state index in [1.807, 2.05) is 26.8 Å². The van der Waals surface area contributed by atoms with Crippen LogP contribution < -0.4 is 5.32 Å². The van der Waals surface area contributed by atoms with Gasteiger partial charge in [0.05, 0.1) is 5.60 Å². The summed E-state index contributed by atoms with van der Waals surface area (Å²) in [6.07, 6.45) is 3.16. The maximum absolute atomic E-state index is 10.0. The molecule has 2 N–H and O–H groups in total. The number of nitrogens with zero attached hydrogens (tertiary/aromatic N) is 2. The minimum absolute atomic E-state index is 0.490. The van der Waals surface area contributed by atoms with E-state index in [1.165, 1.54) is 0 Å². The highest BCUT2D eigenvalue weighted by Crippen LogP contribution is 2.14. The Morgan fingerprint density at radius 2 is 2.07 bits per heavy atom. The molecule has 1 aromatic heterocycles. The van der Waals surface area contributed by atoms with Gasteiger partial charge in [0.2, 0.25) is 5.95 Å². The summed E-state index contributed by atoms with van der Waals surface area (Å²) in [5.41, 5.74) is 0.261. The highest BCUT2D eigenvalue weighted by atomic mass is 16.3. The van der Waals surface area contributed by atoms with Gasteiger partial charge < -0.3 is 10.4 Å². The van der Waals surface area contributed by atoms with Crippen molar-refractivity contribution in [3.63, 3.8) is 0 Å². The fraction of sp³-hybridized carbons (Fsp3) is 0.636. The van der Waals surface area contributed by atoms with Crippen LogP contribution in [0, 0.1) is 6.92 Å². The molecule has 1 rings (SSSR count). The summed E-state index contributed by atoms with van der Waals surface area (Å²) in [7, 11) is 0. The predicted octanol–water partition coefficient (Wildman–Crippen LogP) is 1.75. The number of anilines is 1. The van der Waals surface area contributed by atoms with E-state index < -0.39 is 5.60 Å². The van der Waals surface area contributed by atoms with Crippen LogP contribution in [-0.4, -0.2) is 27.2 Å². The van der Waals surface area contributed by atoms with Crippen LogP contribution in [-0.2, 0) is 0 Å². The Morgan fingerprint density at radius 3 is 2.60 bits per heavy atom. The van der Waals surface area contributed by atoms with Crippen LogP contribution in [0.4, 0.5) is 5.95 Å². The molecule has 84 valence electrons. The minimum atomic E-state index is -0.660. The van der Waals surface area contributed by atoms with Gasteiger partial charge in [-0.1, -0.05) is 13.8 Å². The van der Waals surface area contributed by atoms with E-state index in [4.69, 9.17) is 0 Å². The van der Waals surface area contributed by atoms with Gasteiger partial charge in [0.15, 0.2) is 0 Å². The zero-order chi connectivity index (χ0) is 11.3. The molecule has 0 saturated heterocycles. The second kappa shape index (κ2) is 5.07. The molecule has 0 spiro atoms. The molecule has 4 nitrogen and oxygen atoms in total. The van der Waals surface area contributed by atoms with Crippen LogP contribution in [0.3, 0.4) is 0 Å². The van der Waals surface area contributed by atoms with Gasteiger partial charge in [0, 0.05) is 18.4 Å². The largest absolute Gasteiger partial charge is 0.388 e. The van der Waals surface area contributed by atoms with Crippen molar-refractivity contribution in [2.75, 3.05) is 11.9 Å². The van der Waals surface area contributed by atoms with E-state index >= 15 is 0 Å². The Balaban J connectivity index is 2.56. The number of aromatic nitrogens is 2. The van der Waals surface area contributed by atoms with E-state index in [2.05, 4.69) is 15.3 Å². The van der Waals surface area contributed by atoms with E-state index in [0.29, 0.717) is 12.5 Å². The molecule has 15 heavy (non-hydrogen) atoms. The lowest BCUT2D eigenvalue weighted by Crippen LogP contribution is -2.35. The second-order valence-electron chi connectivity index (χ2n) is 3.81.